The minimum absolute atomic E-state index is 0.0427. The van der Waals surface area contributed by atoms with Crippen LogP contribution in [-0.4, -0.2) is 28.8 Å². The van der Waals surface area contributed by atoms with E-state index in [1.165, 1.54) is 5.56 Å². The van der Waals surface area contributed by atoms with Crippen LogP contribution in [0, 0.1) is 0 Å². The first-order chi connectivity index (χ1) is 12.3. The Hall–Kier alpha value is -2.14. The molecule has 0 radical (unpaired) electrons. The third-order valence-electron chi connectivity index (χ3n) is 5.42. The van der Waals surface area contributed by atoms with Crippen LogP contribution >= 0.6 is 0 Å². The summed E-state index contributed by atoms with van der Waals surface area (Å²) in [5, 5.41) is 10.9. The van der Waals surface area contributed by atoms with Gasteiger partial charge >= 0.3 is 0 Å². The number of carbonyl (C=O) groups is 1. The van der Waals surface area contributed by atoms with Crippen LogP contribution in [-0.2, 0) is 15.7 Å². The highest BCUT2D eigenvalue weighted by Gasteiger charge is 2.42. The number of benzene rings is 1. The first-order valence-corrected chi connectivity index (χ1v) is 9.45. The highest BCUT2D eigenvalue weighted by Crippen LogP contribution is 2.29. The van der Waals surface area contributed by atoms with Crippen molar-refractivity contribution in [3.05, 3.63) is 53.9 Å². The van der Waals surface area contributed by atoms with Crippen LogP contribution in [0.2, 0.25) is 0 Å². The molecule has 26 heavy (non-hydrogen) atoms. The molecule has 3 rings (SSSR count). The van der Waals surface area contributed by atoms with Crippen LogP contribution in [0.1, 0.15) is 57.7 Å². The second-order valence-corrected chi connectivity index (χ2v) is 8.30. The second-order valence-electron chi connectivity index (χ2n) is 8.30. The number of nitrogens with one attached hydrogen (secondary N) is 2. The molecule has 2 N–H and O–H groups in total. The van der Waals surface area contributed by atoms with Gasteiger partial charge in [0.1, 0.15) is 5.54 Å². The lowest BCUT2D eigenvalue weighted by atomic mass is 9.85. The SMILES string of the molecule is CC(NC(=O)C1(n2cccn2)CCNCC1)c1ccc(C(C)(C)C)cc1. The van der Waals surface area contributed by atoms with Gasteiger partial charge in [0.15, 0.2) is 0 Å². The van der Waals surface area contributed by atoms with Gasteiger partial charge in [-0.2, -0.15) is 5.10 Å². The van der Waals surface area contributed by atoms with E-state index in [0.29, 0.717) is 0 Å². The number of rotatable bonds is 4. The van der Waals surface area contributed by atoms with Crippen LogP contribution < -0.4 is 10.6 Å². The fraction of sp³-hybridized carbons (Fsp3) is 0.524. The Bertz CT molecular complexity index is 722. The van der Waals surface area contributed by atoms with Crippen molar-refractivity contribution in [3.8, 4) is 0 Å². The van der Waals surface area contributed by atoms with E-state index in [9.17, 15) is 4.79 Å². The van der Waals surface area contributed by atoms with Gasteiger partial charge in [0.05, 0.1) is 6.04 Å². The lowest BCUT2D eigenvalue weighted by molar-refractivity contribution is -0.132. The Kier molecular flexibility index (Phi) is 5.19. The molecule has 1 saturated heterocycles. The molecule has 1 unspecified atom stereocenters. The predicted molar refractivity (Wildman–Crippen MR) is 104 cm³/mol. The van der Waals surface area contributed by atoms with E-state index < -0.39 is 5.54 Å². The van der Waals surface area contributed by atoms with Crippen LogP contribution in [0.4, 0.5) is 0 Å². The van der Waals surface area contributed by atoms with Crippen molar-refractivity contribution < 1.29 is 4.79 Å². The molecule has 1 aromatic carbocycles. The number of aromatic nitrogens is 2. The molecule has 5 heteroatoms. The summed E-state index contributed by atoms with van der Waals surface area (Å²) in [6.07, 6.45) is 5.13. The number of piperidine rings is 1. The molecular formula is C21H30N4O. The van der Waals surface area contributed by atoms with Crippen molar-refractivity contribution >= 4 is 5.91 Å². The third kappa shape index (κ3) is 3.68. The zero-order valence-corrected chi connectivity index (χ0v) is 16.2. The average Bonchev–Trinajstić information content (AvgIpc) is 3.17. The molecule has 0 spiro atoms. The fourth-order valence-corrected chi connectivity index (χ4v) is 3.61. The maximum atomic E-state index is 13.2. The first-order valence-electron chi connectivity index (χ1n) is 9.45. The first kappa shape index (κ1) is 18.6. The van der Waals surface area contributed by atoms with E-state index in [-0.39, 0.29) is 17.4 Å². The standard InChI is InChI=1S/C21H30N4O/c1-16(17-6-8-18(9-7-17)20(2,3)4)24-19(26)21(10-13-22-14-11-21)25-15-5-12-23-25/h5-9,12,15-16,22H,10-11,13-14H2,1-4H3,(H,24,26). The quantitative estimate of drug-likeness (QED) is 0.887. The van der Waals surface area contributed by atoms with Gasteiger partial charge in [-0.1, -0.05) is 45.0 Å². The minimum Gasteiger partial charge on any atom is -0.347 e. The lowest BCUT2D eigenvalue weighted by Crippen LogP contribution is -2.55. The Morgan fingerprint density at radius 2 is 1.88 bits per heavy atom. The number of hydrogen-bond acceptors (Lipinski definition) is 3. The van der Waals surface area contributed by atoms with Gasteiger partial charge in [0.25, 0.3) is 0 Å². The van der Waals surface area contributed by atoms with E-state index in [2.05, 4.69) is 60.8 Å². The van der Waals surface area contributed by atoms with E-state index in [4.69, 9.17) is 0 Å². The van der Waals surface area contributed by atoms with Crippen molar-refractivity contribution in [3.63, 3.8) is 0 Å². The van der Waals surface area contributed by atoms with Crippen LogP contribution in [0.15, 0.2) is 42.7 Å². The van der Waals surface area contributed by atoms with E-state index in [1.54, 1.807) is 6.20 Å². The number of nitrogens with zero attached hydrogens (tertiary/aromatic N) is 2. The van der Waals surface area contributed by atoms with Gasteiger partial charge in [-0.15, -0.1) is 0 Å². The maximum Gasteiger partial charge on any atom is 0.248 e. The van der Waals surface area contributed by atoms with Gasteiger partial charge in [-0.05, 0) is 55.5 Å². The summed E-state index contributed by atoms with van der Waals surface area (Å²) < 4.78 is 1.83. The monoisotopic (exact) mass is 354 g/mol. The molecule has 1 fully saturated rings. The predicted octanol–water partition coefficient (Wildman–Crippen LogP) is 3.14. The Morgan fingerprint density at radius 1 is 1.23 bits per heavy atom. The van der Waals surface area contributed by atoms with E-state index in [1.807, 2.05) is 23.9 Å². The summed E-state index contributed by atoms with van der Waals surface area (Å²) >= 11 is 0. The van der Waals surface area contributed by atoms with Crippen LogP contribution in [0.25, 0.3) is 0 Å². The minimum atomic E-state index is -0.603. The molecule has 1 amide bonds. The van der Waals surface area contributed by atoms with Crippen LogP contribution in [0.3, 0.4) is 0 Å². The summed E-state index contributed by atoms with van der Waals surface area (Å²) in [5.41, 5.74) is 1.94. The Balaban J connectivity index is 1.77. The molecule has 1 aromatic heterocycles. The molecule has 0 bridgehead atoms. The normalized spacial score (nSPS) is 18.3. The van der Waals surface area contributed by atoms with E-state index >= 15 is 0 Å². The molecule has 0 aliphatic carbocycles. The summed E-state index contributed by atoms with van der Waals surface area (Å²) in [4.78, 5) is 13.2. The largest absolute Gasteiger partial charge is 0.347 e. The van der Waals surface area contributed by atoms with Crippen molar-refractivity contribution in [2.45, 2.75) is 57.5 Å². The highest BCUT2D eigenvalue weighted by atomic mass is 16.2. The molecular weight excluding hydrogens is 324 g/mol. The van der Waals surface area contributed by atoms with Crippen molar-refractivity contribution in [1.82, 2.24) is 20.4 Å². The van der Waals surface area contributed by atoms with Gasteiger partial charge in [-0.3, -0.25) is 9.48 Å². The summed E-state index contributed by atoms with van der Waals surface area (Å²) in [7, 11) is 0. The van der Waals surface area contributed by atoms with Crippen molar-refractivity contribution in [2.24, 2.45) is 0 Å². The van der Waals surface area contributed by atoms with Crippen molar-refractivity contribution in [1.29, 1.82) is 0 Å². The highest BCUT2D eigenvalue weighted by molar-refractivity contribution is 5.85. The summed E-state index contributed by atoms with van der Waals surface area (Å²) in [5.74, 6) is 0.0510. The smallest absolute Gasteiger partial charge is 0.248 e. The molecule has 0 saturated carbocycles. The Labute approximate surface area is 156 Å². The zero-order chi connectivity index (χ0) is 18.8. The zero-order valence-electron chi connectivity index (χ0n) is 16.2. The van der Waals surface area contributed by atoms with Crippen LogP contribution in [0.5, 0.6) is 0 Å². The molecule has 2 heterocycles. The van der Waals surface area contributed by atoms with Gasteiger partial charge in [0.2, 0.25) is 5.91 Å². The molecule has 1 aliphatic rings. The molecule has 2 aromatic rings. The molecule has 1 atom stereocenters. The Morgan fingerprint density at radius 3 is 2.42 bits per heavy atom. The van der Waals surface area contributed by atoms with Gasteiger partial charge < -0.3 is 10.6 Å². The topological polar surface area (TPSA) is 59.0 Å². The lowest BCUT2D eigenvalue weighted by Gasteiger charge is -2.37. The maximum absolute atomic E-state index is 13.2. The van der Waals surface area contributed by atoms with Crippen molar-refractivity contribution in [2.75, 3.05) is 13.1 Å². The van der Waals surface area contributed by atoms with Gasteiger partial charge in [-0.25, -0.2) is 0 Å². The molecule has 1 aliphatic heterocycles. The second kappa shape index (κ2) is 7.23. The molecule has 5 nitrogen and oxygen atoms in total. The fourth-order valence-electron chi connectivity index (χ4n) is 3.61. The number of carbonyl (C=O) groups excluding carboxylic acids is 1. The average molecular weight is 354 g/mol. The number of amides is 1. The molecule has 140 valence electrons. The third-order valence-corrected chi connectivity index (χ3v) is 5.42. The summed E-state index contributed by atoms with van der Waals surface area (Å²) in [6, 6.07) is 10.4. The summed E-state index contributed by atoms with van der Waals surface area (Å²) in [6.45, 7) is 10.3. The van der Waals surface area contributed by atoms with Gasteiger partial charge in [0, 0.05) is 12.4 Å². The number of hydrogen-bond donors (Lipinski definition) is 2. The van der Waals surface area contributed by atoms with E-state index in [0.717, 1.165) is 31.5 Å².